The molecule has 0 aliphatic carbocycles. The van der Waals surface area contributed by atoms with Crippen LogP contribution in [-0.2, 0) is 12.8 Å². The molecule has 4 aromatic rings. The van der Waals surface area contributed by atoms with E-state index in [9.17, 15) is 29.4 Å². The van der Waals surface area contributed by atoms with Gasteiger partial charge in [-0.2, -0.15) is 10.5 Å². The lowest BCUT2D eigenvalue weighted by Gasteiger charge is -2.36. The predicted octanol–water partition coefficient (Wildman–Crippen LogP) is 6.77. The number of piperidine rings is 2. The number of likely N-dealkylation sites (tertiary alicyclic amines) is 2. The molecule has 6 rings (SSSR count). The van der Waals surface area contributed by atoms with E-state index in [1.807, 2.05) is 47.4 Å². The van der Waals surface area contributed by atoms with Gasteiger partial charge < -0.3 is 35.0 Å². The number of aliphatic hydroxyl groups excluding tert-OH is 1. The van der Waals surface area contributed by atoms with Gasteiger partial charge in [0.25, 0.3) is 11.8 Å². The summed E-state index contributed by atoms with van der Waals surface area (Å²) >= 11 is 0. The summed E-state index contributed by atoms with van der Waals surface area (Å²) in [7, 11) is 0. The highest BCUT2D eigenvalue weighted by atomic mass is 16.5. The average molecular weight is 803 g/mol. The molecule has 2 atom stereocenters. The van der Waals surface area contributed by atoms with Crippen LogP contribution in [0, 0.1) is 22.7 Å². The molecule has 2 aliphatic heterocycles. The van der Waals surface area contributed by atoms with Crippen molar-refractivity contribution in [1.82, 2.24) is 9.80 Å². The molecule has 2 fully saturated rings. The van der Waals surface area contributed by atoms with Crippen LogP contribution in [-0.4, -0.2) is 93.0 Å². The molecule has 2 amide bonds. The van der Waals surface area contributed by atoms with Crippen molar-refractivity contribution in [1.29, 1.82) is 10.5 Å². The number of benzene rings is 4. The van der Waals surface area contributed by atoms with Crippen LogP contribution in [0.15, 0.2) is 84.9 Å². The highest BCUT2D eigenvalue weighted by Crippen LogP contribution is 2.28. The van der Waals surface area contributed by atoms with Crippen LogP contribution in [0.3, 0.4) is 0 Å². The number of aromatic hydroxyl groups is 3. The summed E-state index contributed by atoms with van der Waals surface area (Å²) in [5, 5.41) is 54.6. The molecule has 0 bridgehead atoms. The minimum absolute atomic E-state index is 0.0164. The van der Waals surface area contributed by atoms with Gasteiger partial charge in [-0.05, 0) is 98.9 Å². The van der Waals surface area contributed by atoms with E-state index in [2.05, 4.69) is 12.1 Å². The van der Waals surface area contributed by atoms with E-state index in [1.165, 1.54) is 24.3 Å². The smallest absolute Gasteiger partial charge is 0.254 e. The fraction of sp³-hybridized carbons (Fsp3) is 0.348. The quantitative estimate of drug-likeness (QED) is 0.110. The first-order valence-corrected chi connectivity index (χ1v) is 19.7. The molecular weight excluding hydrogens is 753 g/mol. The number of nitriles is 2. The number of aldehydes is 2. The summed E-state index contributed by atoms with van der Waals surface area (Å²) < 4.78 is 5.83. The second-order valence-corrected chi connectivity index (χ2v) is 14.1. The number of phenolic OH excluding ortho intramolecular Hbond substituents is 3. The molecular formula is C46H50N4O9. The lowest BCUT2D eigenvalue weighted by molar-refractivity contribution is 0.0501. The van der Waals surface area contributed by atoms with Crippen molar-refractivity contribution in [3.8, 4) is 35.1 Å². The van der Waals surface area contributed by atoms with Gasteiger partial charge in [0, 0.05) is 37.1 Å². The number of aliphatic hydroxyl groups is 1. The predicted molar refractivity (Wildman–Crippen MR) is 219 cm³/mol. The van der Waals surface area contributed by atoms with Crippen molar-refractivity contribution in [3.05, 3.63) is 118 Å². The minimum Gasteiger partial charge on any atom is -0.507 e. The Labute approximate surface area is 344 Å². The van der Waals surface area contributed by atoms with Gasteiger partial charge in [0.05, 0.1) is 42.0 Å². The summed E-state index contributed by atoms with van der Waals surface area (Å²) in [6, 6.07) is 27.7. The fourth-order valence-electron chi connectivity index (χ4n) is 7.11. The lowest BCUT2D eigenvalue weighted by Crippen LogP contribution is -2.47. The number of aryl methyl sites for hydroxylation is 2. The zero-order valence-electron chi connectivity index (χ0n) is 32.9. The van der Waals surface area contributed by atoms with E-state index in [0.29, 0.717) is 68.2 Å². The van der Waals surface area contributed by atoms with Gasteiger partial charge in [-0.3, -0.25) is 19.2 Å². The Morgan fingerprint density at radius 3 is 1.58 bits per heavy atom. The molecule has 2 saturated heterocycles. The summed E-state index contributed by atoms with van der Waals surface area (Å²) in [6.45, 7) is 1.61. The van der Waals surface area contributed by atoms with E-state index in [4.69, 9.17) is 25.5 Å². The number of phenols is 3. The van der Waals surface area contributed by atoms with Crippen LogP contribution in [0.4, 0.5) is 0 Å². The second-order valence-electron chi connectivity index (χ2n) is 14.1. The third-order valence-electron chi connectivity index (χ3n) is 10.3. The number of rotatable bonds is 12. The van der Waals surface area contributed by atoms with Gasteiger partial charge in [0.1, 0.15) is 29.6 Å². The highest BCUT2D eigenvalue weighted by Gasteiger charge is 2.30. The van der Waals surface area contributed by atoms with Crippen LogP contribution in [0.25, 0.3) is 0 Å². The van der Waals surface area contributed by atoms with Gasteiger partial charge in [-0.15, -0.1) is 0 Å². The SMILES string of the molecule is N#CCCc1ccccc1C(=O)N1CCCC[C@H]1CO.N#CCCc1ccccc1C(=O)N1CCCC[C@H]1COc1cccc(O)c1C=O.O=Cc1c(O)cccc1O. The maximum absolute atomic E-state index is 13.3. The Hall–Kier alpha value is -6.70. The lowest BCUT2D eigenvalue weighted by atomic mass is 9.98. The van der Waals surface area contributed by atoms with Crippen LogP contribution < -0.4 is 4.74 Å². The van der Waals surface area contributed by atoms with Crippen LogP contribution in [0.1, 0.15) is 104 Å². The van der Waals surface area contributed by atoms with E-state index >= 15 is 0 Å². The second kappa shape index (κ2) is 23.5. The molecule has 13 nitrogen and oxygen atoms in total. The molecule has 4 N–H and O–H groups in total. The number of ether oxygens (including phenoxy) is 1. The highest BCUT2D eigenvalue weighted by molar-refractivity contribution is 5.96. The number of hydrogen-bond donors (Lipinski definition) is 4. The van der Waals surface area contributed by atoms with Crippen molar-refractivity contribution >= 4 is 24.4 Å². The van der Waals surface area contributed by atoms with Gasteiger partial charge in [-0.1, -0.05) is 48.5 Å². The van der Waals surface area contributed by atoms with Crippen molar-refractivity contribution in [3.63, 3.8) is 0 Å². The minimum atomic E-state index is -0.199. The molecule has 0 unspecified atom stereocenters. The van der Waals surface area contributed by atoms with Crippen LogP contribution in [0.5, 0.6) is 23.0 Å². The normalized spacial score (nSPS) is 15.8. The number of carbonyl (C=O) groups is 4. The molecule has 308 valence electrons. The van der Waals surface area contributed by atoms with Crippen molar-refractivity contribution in [2.45, 2.75) is 76.3 Å². The number of hydrogen-bond acceptors (Lipinski definition) is 11. The monoisotopic (exact) mass is 802 g/mol. The van der Waals surface area contributed by atoms with Crippen LogP contribution in [0.2, 0.25) is 0 Å². The fourth-order valence-corrected chi connectivity index (χ4v) is 7.11. The molecule has 2 heterocycles. The van der Waals surface area contributed by atoms with Gasteiger partial charge in [-0.25, -0.2) is 0 Å². The largest absolute Gasteiger partial charge is 0.507 e. The Morgan fingerprint density at radius 2 is 1.10 bits per heavy atom. The van der Waals surface area contributed by atoms with Crippen LogP contribution >= 0.6 is 0 Å². The molecule has 0 spiro atoms. The number of nitrogens with zero attached hydrogens (tertiary/aromatic N) is 4. The summed E-state index contributed by atoms with van der Waals surface area (Å²) in [5.74, 6) is -0.284. The number of amides is 2. The molecule has 4 aromatic carbocycles. The first kappa shape index (κ1) is 45.0. The van der Waals surface area contributed by atoms with Crippen molar-refractivity contribution in [2.24, 2.45) is 0 Å². The van der Waals surface area contributed by atoms with E-state index in [-0.39, 0.29) is 65.5 Å². The maximum Gasteiger partial charge on any atom is 0.254 e. The molecule has 13 heteroatoms. The van der Waals surface area contributed by atoms with E-state index in [1.54, 1.807) is 23.1 Å². The molecule has 59 heavy (non-hydrogen) atoms. The summed E-state index contributed by atoms with van der Waals surface area (Å²) in [6.07, 6.45) is 8.52. The van der Waals surface area contributed by atoms with Crippen molar-refractivity contribution in [2.75, 3.05) is 26.3 Å². The summed E-state index contributed by atoms with van der Waals surface area (Å²) in [4.78, 5) is 51.0. The third-order valence-corrected chi connectivity index (χ3v) is 10.3. The third kappa shape index (κ3) is 12.4. The standard InChI is InChI=1S/C23H24N2O4.C16H20N2O2.C7H6O3/c24-13-6-8-17-7-1-2-10-19(17)23(28)25-14-4-3-9-18(25)16-29-22-12-5-11-21(27)20(22)15-26;17-10-5-7-13-6-1-2-9-15(13)16(20)18-11-4-3-8-14(18)12-19;8-4-5-6(9)2-1-3-7(5)10/h1-2,5,7,10-12,15,18,27H,3-4,6,8-9,14,16H2;1-2,6,9,14,19H,3-5,7-8,11-12H2;1-4,9-10H/t18-;14-;/m00./s1. The Morgan fingerprint density at radius 1 is 0.644 bits per heavy atom. The van der Waals surface area contributed by atoms with Gasteiger partial charge in [0.2, 0.25) is 0 Å². The molecule has 0 radical (unpaired) electrons. The first-order chi connectivity index (χ1) is 28.7. The zero-order valence-corrected chi connectivity index (χ0v) is 32.9. The molecule has 2 aliphatic rings. The molecule has 0 aromatic heterocycles. The molecule has 0 saturated carbocycles. The zero-order chi connectivity index (χ0) is 42.6. The summed E-state index contributed by atoms with van der Waals surface area (Å²) in [5.41, 5.74) is 3.14. The van der Waals surface area contributed by atoms with Crippen molar-refractivity contribution < 1.29 is 44.3 Å². The maximum atomic E-state index is 13.3. The van der Waals surface area contributed by atoms with E-state index < -0.39 is 0 Å². The average Bonchev–Trinajstić information content (AvgIpc) is 3.27. The van der Waals surface area contributed by atoms with Gasteiger partial charge in [0.15, 0.2) is 12.6 Å². The topological polar surface area (TPSA) is 212 Å². The Balaban J connectivity index is 0.000000220. The van der Waals surface area contributed by atoms with Gasteiger partial charge >= 0.3 is 0 Å². The Kier molecular flexibility index (Phi) is 17.9. The Bertz CT molecular complexity index is 2110. The first-order valence-electron chi connectivity index (χ1n) is 19.7. The number of carbonyl (C=O) groups excluding carboxylic acids is 4. The van der Waals surface area contributed by atoms with E-state index in [0.717, 1.165) is 49.7 Å².